The van der Waals surface area contributed by atoms with Crippen molar-refractivity contribution in [3.8, 4) is 0 Å². The van der Waals surface area contributed by atoms with Gasteiger partial charge in [0.25, 0.3) is 0 Å². The molecule has 0 aliphatic heterocycles. The molecule has 2 heteroatoms. The SMILES string of the molecule is Cc1ccc2scc(C)c2c1F. The molecule has 0 amide bonds. The molecule has 0 spiro atoms. The molecule has 1 aromatic carbocycles. The van der Waals surface area contributed by atoms with Crippen LogP contribution in [0.5, 0.6) is 0 Å². The molecule has 0 bridgehead atoms. The first kappa shape index (κ1) is 7.74. The molecule has 1 heterocycles. The lowest BCUT2D eigenvalue weighted by Gasteiger charge is -1.97. The summed E-state index contributed by atoms with van der Waals surface area (Å²) >= 11 is 1.60. The van der Waals surface area contributed by atoms with Gasteiger partial charge in [0.05, 0.1) is 0 Å². The maximum Gasteiger partial charge on any atom is 0.135 e. The van der Waals surface area contributed by atoms with Crippen LogP contribution >= 0.6 is 11.3 Å². The van der Waals surface area contributed by atoms with Crippen molar-refractivity contribution in [2.75, 3.05) is 0 Å². The first-order valence-electron chi connectivity index (χ1n) is 3.83. The summed E-state index contributed by atoms with van der Waals surface area (Å²) in [6.07, 6.45) is 0. The van der Waals surface area contributed by atoms with E-state index in [1.807, 2.05) is 24.4 Å². The van der Waals surface area contributed by atoms with Crippen molar-refractivity contribution in [3.63, 3.8) is 0 Å². The van der Waals surface area contributed by atoms with Crippen molar-refractivity contribution < 1.29 is 4.39 Å². The van der Waals surface area contributed by atoms with Crippen LogP contribution in [0.4, 0.5) is 4.39 Å². The van der Waals surface area contributed by atoms with E-state index in [0.717, 1.165) is 21.2 Å². The Morgan fingerprint density at radius 2 is 1.92 bits per heavy atom. The molecule has 12 heavy (non-hydrogen) atoms. The topological polar surface area (TPSA) is 0 Å². The first-order chi connectivity index (χ1) is 5.70. The lowest BCUT2D eigenvalue weighted by atomic mass is 10.1. The molecule has 2 rings (SSSR count). The molecule has 0 nitrogen and oxygen atoms in total. The summed E-state index contributed by atoms with van der Waals surface area (Å²) in [6.45, 7) is 3.74. The Morgan fingerprint density at radius 3 is 2.67 bits per heavy atom. The number of hydrogen-bond donors (Lipinski definition) is 0. The summed E-state index contributed by atoms with van der Waals surface area (Å²) in [5, 5.41) is 2.78. The minimum Gasteiger partial charge on any atom is -0.206 e. The van der Waals surface area contributed by atoms with Gasteiger partial charge in [-0.1, -0.05) is 6.07 Å². The number of fused-ring (bicyclic) bond motifs is 1. The molecular weight excluding hydrogens is 171 g/mol. The molecule has 0 saturated heterocycles. The maximum absolute atomic E-state index is 13.5. The van der Waals surface area contributed by atoms with Crippen LogP contribution in [0.1, 0.15) is 11.1 Å². The third-order valence-corrected chi connectivity index (χ3v) is 3.12. The molecule has 0 aliphatic rings. The van der Waals surface area contributed by atoms with Crippen molar-refractivity contribution in [2.24, 2.45) is 0 Å². The van der Waals surface area contributed by atoms with E-state index in [1.165, 1.54) is 0 Å². The lowest BCUT2D eigenvalue weighted by Crippen LogP contribution is -1.82. The van der Waals surface area contributed by atoms with Gasteiger partial charge in [0, 0.05) is 10.1 Å². The summed E-state index contributed by atoms with van der Waals surface area (Å²) in [6, 6.07) is 3.80. The van der Waals surface area contributed by atoms with Crippen molar-refractivity contribution in [1.29, 1.82) is 0 Å². The monoisotopic (exact) mass is 180 g/mol. The van der Waals surface area contributed by atoms with Crippen LogP contribution in [0.3, 0.4) is 0 Å². The predicted octanol–water partition coefficient (Wildman–Crippen LogP) is 3.66. The quantitative estimate of drug-likeness (QED) is 0.580. The largest absolute Gasteiger partial charge is 0.206 e. The highest BCUT2D eigenvalue weighted by molar-refractivity contribution is 7.17. The van der Waals surface area contributed by atoms with E-state index in [1.54, 1.807) is 18.3 Å². The summed E-state index contributed by atoms with van der Waals surface area (Å²) in [5.41, 5.74) is 1.76. The van der Waals surface area contributed by atoms with Gasteiger partial charge in [-0.05, 0) is 36.4 Å². The zero-order valence-corrected chi connectivity index (χ0v) is 7.83. The Morgan fingerprint density at radius 1 is 1.17 bits per heavy atom. The Kier molecular flexibility index (Phi) is 1.65. The number of aryl methyl sites for hydroxylation is 2. The van der Waals surface area contributed by atoms with Gasteiger partial charge in [-0.25, -0.2) is 4.39 Å². The highest BCUT2D eigenvalue weighted by Gasteiger charge is 2.07. The Bertz CT molecular complexity index is 429. The van der Waals surface area contributed by atoms with Crippen molar-refractivity contribution in [3.05, 3.63) is 34.5 Å². The summed E-state index contributed by atoms with van der Waals surface area (Å²) < 4.78 is 14.5. The smallest absolute Gasteiger partial charge is 0.135 e. The fraction of sp³-hybridized carbons (Fsp3) is 0.200. The maximum atomic E-state index is 13.5. The fourth-order valence-corrected chi connectivity index (χ4v) is 2.28. The van der Waals surface area contributed by atoms with Crippen LogP contribution in [0.15, 0.2) is 17.5 Å². The molecule has 0 fully saturated rings. The van der Waals surface area contributed by atoms with Crippen molar-refractivity contribution in [1.82, 2.24) is 0 Å². The van der Waals surface area contributed by atoms with Gasteiger partial charge in [-0.15, -0.1) is 11.3 Å². The van der Waals surface area contributed by atoms with Crippen LogP contribution in [0.25, 0.3) is 10.1 Å². The zero-order valence-electron chi connectivity index (χ0n) is 7.02. The van der Waals surface area contributed by atoms with E-state index in [9.17, 15) is 4.39 Å². The second kappa shape index (κ2) is 2.56. The van der Waals surface area contributed by atoms with E-state index >= 15 is 0 Å². The minimum atomic E-state index is -0.0637. The molecule has 0 saturated carbocycles. The summed E-state index contributed by atoms with van der Waals surface area (Å²) in [4.78, 5) is 0. The predicted molar refractivity (Wildman–Crippen MR) is 51.3 cm³/mol. The highest BCUT2D eigenvalue weighted by Crippen LogP contribution is 2.29. The van der Waals surface area contributed by atoms with Gasteiger partial charge in [0.2, 0.25) is 0 Å². The molecule has 0 unspecified atom stereocenters. The van der Waals surface area contributed by atoms with Gasteiger partial charge in [0.1, 0.15) is 5.82 Å². The molecule has 0 radical (unpaired) electrons. The average Bonchev–Trinajstić information content (AvgIpc) is 2.41. The molecule has 0 atom stereocenters. The average molecular weight is 180 g/mol. The van der Waals surface area contributed by atoms with Gasteiger partial charge in [-0.3, -0.25) is 0 Å². The van der Waals surface area contributed by atoms with E-state index in [2.05, 4.69) is 0 Å². The minimum absolute atomic E-state index is 0.0637. The van der Waals surface area contributed by atoms with Gasteiger partial charge >= 0.3 is 0 Å². The van der Waals surface area contributed by atoms with E-state index < -0.39 is 0 Å². The Balaban J connectivity index is 2.96. The Labute approximate surface area is 74.6 Å². The standard InChI is InChI=1S/C10H9FS/c1-6-3-4-8-9(10(6)11)7(2)5-12-8/h3-5H,1-2H3. The number of rotatable bonds is 0. The fourth-order valence-electron chi connectivity index (χ4n) is 1.34. The highest BCUT2D eigenvalue weighted by atomic mass is 32.1. The lowest BCUT2D eigenvalue weighted by molar-refractivity contribution is 0.630. The van der Waals surface area contributed by atoms with Crippen LogP contribution < -0.4 is 0 Å². The van der Waals surface area contributed by atoms with Gasteiger partial charge in [0.15, 0.2) is 0 Å². The van der Waals surface area contributed by atoms with Crippen LogP contribution in [0, 0.1) is 19.7 Å². The molecule has 62 valence electrons. The second-order valence-corrected chi connectivity index (χ2v) is 3.90. The second-order valence-electron chi connectivity index (χ2n) is 2.99. The molecule has 0 aliphatic carbocycles. The van der Waals surface area contributed by atoms with Gasteiger partial charge in [-0.2, -0.15) is 0 Å². The number of hydrogen-bond acceptors (Lipinski definition) is 1. The molecule has 2 aromatic rings. The van der Waals surface area contributed by atoms with Crippen molar-refractivity contribution >= 4 is 21.4 Å². The third-order valence-electron chi connectivity index (χ3n) is 2.05. The third kappa shape index (κ3) is 0.950. The molecular formula is C10H9FS. The van der Waals surface area contributed by atoms with Gasteiger partial charge < -0.3 is 0 Å². The summed E-state index contributed by atoms with van der Waals surface area (Å²) in [5.74, 6) is -0.0637. The zero-order chi connectivity index (χ0) is 8.72. The van der Waals surface area contributed by atoms with Crippen LogP contribution in [-0.2, 0) is 0 Å². The van der Waals surface area contributed by atoms with Crippen LogP contribution in [-0.4, -0.2) is 0 Å². The van der Waals surface area contributed by atoms with E-state index in [0.29, 0.717) is 0 Å². The number of halogens is 1. The van der Waals surface area contributed by atoms with Crippen molar-refractivity contribution in [2.45, 2.75) is 13.8 Å². The van der Waals surface area contributed by atoms with E-state index in [-0.39, 0.29) is 5.82 Å². The number of benzene rings is 1. The number of thiophene rings is 1. The molecule has 1 aromatic heterocycles. The Hall–Kier alpha value is -0.890. The first-order valence-corrected chi connectivity index (χ1v) is 4.71. The summed E-state index contributed by atoms with van der Waals surface area (Å²) in [7, 11) is 0. The molecule has 0 N–H and O–H groups in total. The van der Waals surface area contributed by atoms with Crippen LogP contribution in [0.2, 0.25) is 0 Å². The normalized spacial score (nSPS) is 10.9. The van der Waals surface area contributed by atoms with E-state index in [4.69, 9.17) is 0 Å².